The number of aryl methyl sites for hydroxylation is 1. The van der Waals surface area contributed by atoms with Crippen molar-refractivity contribution >= 4 is 22.5 Å². The van der Waals surface area contributed by atoms with Gasteiger partial charge in [-0.05, 0) is 61.0 Å². The van der Waals surface area contributed by atoms with Gasteiger partial charge in [-0.2, -0.15) is 0 Å². The van der Waals surface area contributed by atoms with E-state index in [1.165, 1.54) is 34.1 Å². The SMILES string of the molecule is C[C@@H](N[C@@H]1CCCc2c1[nH]c1ccc(-c3cnc(Cl)n3C)cc21)c1ccccc1. The van der Waals surface area contributed by atoms with Crippen molar-refractivity contribution in [3.8, 4) is 11.3 Å². The molecule has 5 rings (SSSR count). The van der Waals surface area contributed by atoms with E-state index in [4.69, 9.17) is 11.6 Å². The molecule has 0 amide bonds. The van der Waals surface area contributed by atoms with Crippen LogP contribution in [0, 0.1) is 0 Å². The molecule has 0 saturated heterocycles. The lowest BCUT2D eigenvalue weighted by Crippen LogP contribution is -2.27. The van der Waals surface area contributed by atoms with E-state index in [2.05, 4.69) is 70.7 Å². The van der Waals surface area contributed by atoms with Gasteiger partial charge in [0.15, 0.2) is 0 Å². The molecule has 1 aliphatic rings. The molecule has 0 saturated carbocycles. The highest BCUT2D eigenvalue weighted by atomic mass is 35.5. The first kappa shape index (κ1) is 18.5. The molecule has 2 atom stereocenters. The lowest BCUT2D eigenvalue weighted by atomic mass is 9.90. The first-order valence-electron chi connectivity index (χ1n) is 10.2. The lowest BCUT2D eigenvalue weighted by Gasteiger charge is -2.27. The topological polar surface area (TPSA) is 45.6 Å². The van der Waals surface area contributed by atoms with Gasteiger partial charge in [-0.3, -0.25) is 0 Å². The van der Waals surface area contributed by atoms with Crippen LogP contribution in [0.3, 0.4) is 0 Å². The highest BCUT2D eigenvalue weighted by Crippen LogP contribution is 2.37. The van der Waals surface area contributed by atoms with Crippen molar-refractivity contribution in [3.05, 3.63) is 76.8 Å². The average Bonchev–Trinajstić information content (AvgIpc) is 3.29. The maximum Gasteiger partial charge on any atom is 0.202 e. The Labute approximate surface area is 175 Å². The van der Waals surface area contributed by atoms with Crippen molar-refractivity contribution < 1.29 is 0 Å². The number of hydrogen-bond donors (Lipinski definition) is 2. The molecule has 2 heterocycles. The molecule has 4 nitrogen and oxygen atoms in total. The highest BCUT2D eigenvalue weighted by Gasteiger charge is 2.26. The van der Waals surface area contributed by atoms with Crippen LogP contribution in [0.1, 0.15) is 48.7 Å². The van der Waals surface area contributed by atoms with Crippen LogP contribution in [0.2, 0.25) is 5.28 Å². The summed E-state index contributed by atoms with van der Waals surface area (Å²) in [6.07, 6.45) is 5.30. The number of nitrogens with one attached hydrogen (secondary N) is 2. The lowest BCUT2D eigenvalue weighted by molar-refractivity contribution is 0.410. The number of halogens is 1. The van der Waals surface area contributed by atoms with Crippen molar-refractivity contribution in [3.63, 3.8) is 0 Å². The Hall–Kier alpha value is -2.56. The molecule has 5 heteroatoms. The molecule has 1 aliphatic carbocycles. The third kappa shape index (κ3) is 3.26. The van der Waals surface area contributed by atoms with Gasteiger partial charge in [0.25, 0.3) is 0 Å². The molecular formula is C24H25ClN4. The smallest absolute Gasteiger partial charge is 0.202 e. The number of H-pyrrole nitrogens is 1. The van der Waals surface area contributed by atoms with E-state index in [0.29, 0.717) is 17.4 Å². The fourth-order valence-electron chi connectivity index (χ4n) is 4.58. The predicted octanol–water partition coefficient (Wildman–Crippen LogP) is 5.95. The summed E-state index contributed by atoms with van der Waals surface area (Å²) in [7, 11) is 1.95. The minimum Gasteiger partial charge on any atom is -0.357 e. The molecule has 0 bridgehead atoms. The van der Waals surface area contributed by atoms with Gasteiger partial charge in [-0.1, -0.05) is 36.4 Å². The van der Waals surface area contributed by atoms with Crippen LogP contribution in [0.25, 0.3) is 22.2 Å². The summed E-state index contributed by atoms with van der Waals surface area (Å²) in [5.41, 5.74) is 7.50. The molecule has 2 aromatic heterocycles. The van der Waals surface area contributed by atoms with Crippen LogP contribution in [0.5, 0.6) is 0 Å². The van der Waals surface area contributed by atoms with Crippen molar-refractivity contribution in [2.75, 3.05) is 0 Å². The second-order valence-corrected chi connectivity index (χ2v) is 8.33. The number of imidazole rings is 1. The number of nitrogens with zero attached hydrogens (tertiary/aromatic N) is 2. The van der Waals surface area contributed by atoms with Crippen LogP contribution in [0.4, 0.5) is 0 Å². The minimum atomic E-state index is 0.311. The Morgan fingerprint density at radius 3 is 2.79 bits per heavy atom. The first-order valence-corrected chi connectivity index (χ1v) is 10.6. The van der Waals surface area contributed by atoms with Gasteiger partial charge in [0.1, 0.15) is 0 Å². The zero-order valence-corrected chi connectivity index (χ0v) is 17.5. The molecule has 148 valence electrons. The third-order valence-corrected chi connectivity index (χ3v) is 6.54. The van der Waals surface area contributed by atoms with Crippen LogP contribution < -0.4 is 5.32 Å². The zero-order valence-electron chi connectivity index (χ0n) is 16.7. The number of aromatic amines is 1. The van der Waals surface area contributed by atoms with Gasteiger partial charge in [0, 0.05) is 41.3 Å². The fraction of sp³-hybridized carbons (Fsp3) is 0.292. The van der Waals surface area contributed by atoms with E-state index in [-0.39, 0.29) is 0 Å². The van der Waals surface area contributed by atoms with Crippen molar-refractivity contribution in [2.24, 2.45) is 7.05 Å². The van der Waals surface area contributed by atoms with Crippen LogP contribution >= 0.6 is 11.6 Å². The normalized spacial score (nSPS) is 17.4. The van der Waals surface area contributed by atoms with E-state index in [1.54, 1.807) is 0 Å². The van der Waals surface area contributed by atoms with E-state index < -0.39 is 0 Å². The van der Waals surface area contributed by atoms with Gasteiger partial charge < -0.3 is 14.9 Å². The molecule has 0 unspecified atom stereocenters. The Kier molecular flexibility index (Phi) is 4.69. The van der Waals surface area contributed by atoms with Crippen molar-refractivity contribution in [1.29, 1.82) is 0 Å². The quantitative estimate of drug-likeness (QED) is 0.441. The third-order valence-electron chi connectivity index (χ3n) is 6.19. The Morgan fingerprint density at radius 2 is 2.03 bits per heavy atom. The number of benzene rings is 2. The maximum atomic E-state index is 6.15. The summed E-state index contributed by atoms with van der Waals surface area (Å²) < 4.78 is 1.92. The van der Waals surface area contributed by atoms with Crippen LogP contribution in [-0.4, -0.2) is 14.5 Å². The molecule has 2 aromatic carbocycles. The summed E-state index contributed by atoms with van der Waals surface area (Å²) >= 11 is 6.15. The number of aromatic nitrogens is 3. The number of rotatable bonds is 4. The zero-order chi connectivity index (χ0) is 20.0. The largest absolute Gasteiger partial charge is 0.357 e. The molecular weight excluding hydrogens is 380 g/mol. The van der Waals surface area contributed by atoms with E-state index in [1.807, 2.05) is 17.8 Å². The minimum absolute atomic E-state index is 0.311. The summed E-state index contributed by atoms with van der Waals surface area (Å²) in [4.78, 5) is 7.94. The molecule has 0 radical (unpaired) electrons. The summed E-state index contributed by atoms with van der Waals surface area (Å²) in [6, 6.07) is 17.9. The Morgan fingerprint density at radius 1 is 1.21 bits per heavy atom. The van der Waals surface area contributed by atoms with Gasteiger partial charge in [-0.15, -0.1) is 0 Å². The summed E-state index contributed by atoms with van der Waals surface area (Å²) in [5.74, 6) is 0. The Bertz CT molecular complexity index is 1160. The average molecular weight is 405 g/mol. The van der Waals surface area contributed by atoms with Crippen LogP contribution in [-0.2, 0) is 13.5 Å². The molecule has 0 fully saturated rings. The highest BCUT2D eigenvalue weighted by molar-refractivity contribution is 6.28. The molecule has 0 spiro atoms. The van der Waals surface area contributed by atoms with Gasteiger partial charge in [0.05, 0.1) is 11.9 Å². The van der Waals surface area contributed by atoms with Gasteiger partial charge in [0.2, 0.25) is 5.28 Å². The van der Waals surface area contributed by atoms with E-state index in [0.717, 1.165) is 24.1 Å². The molecule has 29 heavy (non-hydrogen) atoms. The van der Waals surface area contributed by atoms with Gasteiger partial charge >= 0.3 is 0 Å². The maximum absolute atomic E-state index is 6.15. The second kappa shape index (κ2) is 7.36. The standard InChI is InChI=1S/C24H25ClN4/c1-15(16-7-4-3-5-8-16)27-21-10-6-9-18-19-13-17(11-12-20(19)28-23(18)21)22-14-26-24(25)29(22)2/h3-5,7-8,11-15,21,27-28H,6,9-10H2,1-2H3/t15-,21-/m1/s1. The molecule has 4 aromatic rings. The monoisotopic (exact) mass is 404 g/mol. The first-order chi connectivity index (χ1) is 14.1. The summed E-state index contributed by atoms with van der Waals surface area (Å²) in [6.45, 7) is 2.25. The fourth-order valence-corrected chi connectivity index (χ4v) is 4.72. The molecule has 0 aliphatic heterocycles. The Balaban J connectivity index is 1.50. The van der Waals surface area contributed by atoms with E-state index >= 15 is 0 Å². The van der Waals surface area contributed by atoms with E-state index in [9.17, 15) is 0 Å². The van der Waals surface area contributed by atoms with Crippen LogP contribution in [0.15, 0.2) is 54.7 Å². The number of fused-ring (bicyclic) bond motifs is 3. The summed E-state index contributed by atoms with van der Waals surface area (Å²) in [5, 5.41) is 5.67. The van der Waals surface area contributed by atoms with Crippen molar-refractivity contribution in [2.45, 2.75) is 38.3 Å². The molecule has 2 N–H and O–H groups in total. The predicted molar refractivity (Wildman–Crippen MR) is 119 cm³/mol. The van der Waals surface area contributed by atoms with Gasteiger partial charge in [-0.25, -0.2) is 4.98 Å². The van der Waals surface area contributed by atoms with Crippen molar-refractivity contribution in [1.82, 2.24) is 19.9 Å². The number of hydrogen-bond acceptors (Lipinski definition) is 2. The second-order valence-electron chi connectivity index (χ2n) is 7.99.